The molecule has 1 aromatic heterocycles. The molecule has 0 bridgehead atoms. The molecule has 0 aromatic carbocycles. The van der Waals surface area contributed by atoms with Gasteiger partial charge in [0.15, 0.2) is 0 Å². The van der Waals surface area contributed by atoms with E-state index < -0.39 is 0 Å². The second kappa shape index (κ2) is 6.35. The van der Waals surface area contributed by atoms with E-state index in [2.05, 4.69) is 9.88 Å². The highest BCUT2D eigenvalue weighted by atomic mass is 16.5. The Hall–Kier alpha value is -1.62. The first kappa shape index (κ1) is 14.4. The van der Waals surface area contributed by atoms with E-state index in [0.29, 0.717) is 17.9 Å². The van der Waals surface area contributed by atoms with Gasteiger partial charge < -0.3 is 15.4 Å². The zero-order chi connectivity index (χ0) is 13.7. The van der Waals surface area contributed by atoms with E-state index >= 15 is 0 Å². The maximum Gasteiger partial charge on any atom is 0.133 e. The van der Waals surface area contributed by atoms with Gasteiger partial charge in [-0.05, 0) is 34.4 Å². The van der Waals surface area contributed by atoms with Crippen molar-refractivity contribution in [1.29, 1.82) is 5.41 Å². The van der Waals surface area contributed by atoms with Crippen LogP contribution >= 0.6 is 0 Å². The zero-order valence-corrected chi connectivity index (χ0v) is 11.6. The van der Waals surface area contributed by atoms with Crippen LogP contribution in [0.25, 0.3) is 0 Å². The van der Waals surface area contributed by atoms with E-state index in [-0.39, 0.29) is 5.84 Å². The number of hydrogen-bond acceptors (Lipinski definition) is 4. The summed E-state index contributed by atoms with van der Waals surface area (Å²) in [6.45, 7) is 5.33. The molecule has 1 heterocycles. The Bertz CT molecular complexity index is 429. The van der Waals surface area contributed by atoms with Crippen molar-refractivity contribution in [2.24, 2.45) is 5.73 Å². The van der Waals surface area contributed by atoms with Gasteiger partial charge in [-0.3, -0.25) is 10.4 Å². The highest BCUT2D eigenvalue weighted by molar-refractivity contribution is 5.98. The minimum absolute atomic E-state index is 0.00242. The second-order valence-corrected chi connectivity index (χ2v) is 4.64. The minimum atomic E-state index is 0.00242. The summed E-state index contributed by atoms with van der Waals surface area (Å²) in [5.74, 6) is 0.661. The number of pyridine rings is 1. The molecule has 0 saturated heterocycles. The molecule has 0 fully saturated rings. The zero-order valence-electron chi connectivity index (χ0n) is 11.6. The largest absolute Gasteiger partial charge is 0.493 e. The lowest BCUT2D eigenvalue weighted by molar-refractivity contribution is 0.280. The first-order chi connectivity index (χ1) is 8.41. The number of nitrogens with one attached hydrogen (secondary N) is 1. The summed E-state index contributed by atoms with van der Waals surface area (Å²) < 4.78 is 5.72. The van der Waals surface area contributed by atoms with Crippen LogP contribution in [-0.4, -0.2) is 43.0 Å². The summed E-state index contributed by atoms with van der Waals surface area (Å²) >= 11 is 0. The average Bonchev–Trinajstić information content (AvgIpc) is 2.22. The number of nitrogen functional groups attached to an aromatic ring is 1. The van der Waals surface area contributed by atoms with Crippen LogP contribution in [0.1, 0.15) is 23.4 Å². The van der Waals surface area contributed by atoms with Crippen molar-refractivity contribution in [3.05, 3.63) is 23.0 Å². The fourth-order valence-corrected chi connectivity index (χ4v) is 1.80. The number of nitrogens with two attached hydrogens (primary N) is 1. The number of aromatic nitrogens is 1. The molecule has 0 spiro atoms. The van der Waals surface area contributed by atoms with E-state index in [9.17, 15) is 0 Å². The van der Waals surface area contributed by atoms with Crippen LogP contribution in [0.3, 0.4) is 0 Å². The van der Waals surface area contributed by atoms with Gasteiger partial charge in [-0.15, -0.1) is 0 Å². The van der Waals surface area contributed by atoms with Crippen LogP contribution in [0.5, 0.6) is 5.75 Å². The summed E-state index contributed by atoms with van der Waals surface area (Å²) in [7, 11) is 4.06. The number of aryl methyl sites for hydroxylation is 2. The number of nitrogens with zero attached hydrogens (tertiary/aromatic N) is 2. The van der Waals surface area contributed by atoms with Crippen molar-refractivity contribution < 1.29 is 4.74 Å². The molecule has 5 heteroatoms. The molecule has 18 heavy (non-hydrogen) atoms. The lowest BCUT2D eigenvalue weighted by Crippen LogP contribution is -2.18. The molecule has 1 aromatic rings. The normalized spacial score (nSPS) is 10.7. The third-order valence-electron chi connectivity index (χ3n) is 2.57. The maximum absolute atomic E-state index is 7.59. The quantitative estimate of drug-likeness (QED) is 0.453. The van der Waals surface area contributed by atoms with E-state index in [1.54, 1.807) is 0 Å². The molecule has 0 aliphatic rings. The Morgan fingerprint density at radius 1 is 1.44 bits per heavy atom. The molecule has 0 amide bonds. The number of amidine groups is 1. The van der Waals surface area contributed by atoms with Crippen molar-refractivity contribution in [1.82, 2.24) is 9.88 Å². The Morgan fingerprint density at radius 2 is 2.11 bits per heavy atom. The van der Waals surface area contributed by atoms with Crippen molar-refractivity contribution >= 4 is 5.84 Å². The monoisotopic (exact) mass is 250 g/mol. The Labute approximate surface area is 108 Å². The molecular formula is C13H22N4O. The highest BCUT2D eigenvalue weighted by Crippen LogP contribution is 2.21. The lowest BCUT2D eigenvalue weighted by atomic mass is 10.1. The third-order valence-corrected chi connectivity index (χ3v) is 2.57. The summed E-state index contributed by atoms with van der Waals surface area (Å²) in [5.41, 5.74) is 7.79. The van der Waals surface area contributed by atoms with Gasteiger partial charge in [0, 0.05) is 18.3 Å². The average molecular weight is 250 g/mol. The molecule has 3 N–H and O–H groups in total. The van der Waals surface area contributed by atoms with Crippen LogP contribution in [-0.2, 0) is 0 Å². The van der Waals surface area contributed by atoms with Crippen molar-refractivity contribution in [2.75, 3.05) is 27.2 Å². The molecule has 100 valence electrons. The molecule has 1 rings (SSSR count). The first-order valence-electron chi connectivity index (χ1n) is 6.02. The molecule has 0 aliphatic heterocycles. The molecule has 0 saturated carbocycles. The Balaban J connectivity index is 2.77. The predicted molar refractivity (Wildman–Crippen MR) is 73.4 cm³/mol. The number of ether oxygens (including phenoxy) is 1. The standard InChI is InChI=1S/C13H22N4O/c1-9-8-11(18-7-5-6-17(3)4)12(13(14)15)10(2)16-9/h8H,5-7H2,1-4H3,(H3,14,15). The molecule has 5 nitrogen and oxygen atoms in total. The van der Waals surface area contributed by atoms with Crippen molar-refractivity contribution in [2.45, 2.75) is 20.3 Å². The molecule has 0 atom stereocenters. The van der Waals surface area contributed by atoms with Crippen LogP contribution in [0.2, 0.25) is 0 Å². The number of hydrogen-bond donors (Lipinski definition) is 2. The Morgan fingerprint density at radius 3 is 2.67 bits per heavy atom. The number of rotatable bonds is 6. The van der Waals surface area contributed by atoms with Gasteiger partial charge in [-0.2, -0.15) is 0 Å². The fraction of sp³-hybridized carbons (Fsp3) is 0.538. The van der Waals surface area contributed by atoms with Gasteiger partial charge >= 0.3 is 0 Å². The highest BCUT2D eigenvalue weighted by Gasteiger charge is 2.12. The summed E-state index contributed by atoms with van der Waals surface area (Å²) in [6, 6.07) is 1.83. The topological polar surface area (TPSA) is 75.2 Å². The van der Waals surface area contributed by atoms with Gasteiger partial charge in [0.05, 0.1) is 17.9 Å². The summed E-state index contributed by atoms with van der Waals surface area (Å²) in [4.78, 5) is 6.41. The van der Waals surface area contributed by atoms with Gasteiger partial charge in [-0.25, -0.2) is 0 Å². The summed E-state index contributed by atoms with van der Waals surface area (Å²) in [6.07, 6.45) is 0.935. The van der Waals surface area contributed by atoms with Gasteiger partial charge in [0.2, 0.25) is 0 Å². The lowest BCUT2D eigenvalue weighted by Gasteiger charge is -2.14. The van der Waals surface area contributed by atoms with Crippen LogP contribution < -0.4 is 10.5 Å². The first-order valence-corrected chi connectivity index (χ1v) is 6.02. The van der Waals surface area contributed by atoms with Gasteiger partial charge in [0.1, 0.15) is 11.6 Å². The van der Waals surface area contributed by atoms with E-state index in [4.69, 9.17) is 15.9 Å². The summed E-state index contributed by atoms with van der Waals surface area (Å²) in [5, 5.41) is 7.59. The third kappa shape index (κ3) is 4.00. The van der Waals surface area contributed by atoms with Crippen molar-refractivity contribution in [3.8, 4) is 5.75 Å². The minimum Gasteiger partial charge on any atom is -0.493 e. The Kier molecular flexibility index (Phi) is 5.09. The fourth-order valence-electron chi connectivity index (χ4n) is 1.80. The predicted octanol–water partition coefficient (Wildman–Crippen LogP) is 1.31. The van der Waals surface area contributed by atoms with Crippen LogP contribution in [0, 0.1) is 19.3 Å². The molecule has 0 aliphatic carbocycles. The molecular weight excluding hydrogens is 228 g/mol. The van der Waals surface area contributed by atoms with E-state index in [1.807, 2.05) is 34.0 Å². The van der Waals surface area contributed by atoms with Gasteiger partial charge in [0.25, 0.3) is 0 Å². The molecule has 0 radical (unpaired) electrons. The van der Waals surface area contributed by atoms with Gasteiger partial charge in [-0.1, -0.05) is 0 Å². The maximum atomic E-state index is 7.59. The van der Waals surface area contributed by atoms with E-state index in [0.717, 1.165) is 24.4 Å². The van der Waals surface area contributed by atoms with Crippen LogP contribution in [0.15, 0.2) is 6.07 Å². The second-order valence-electron chi connectivity index (χ2n) is 4.64. The van der Waals surface area contributed by atoms with Crippen molar-refractivity contribution in [3.63, 3.8) is 0 Å². The van der Waals surface area contributed by atoms with Crippen LogP contribution in [0.4, 0.5) is 0 Å². The molecule has 0 unspecified atom stereocenters. The smallest absolute Gasteiger partial charge is 0.133 e. The van der Waals surface area contributed by atoms with E-state index in [1.165, 1.54) is 0 Å². The SMILES string of the molecule is Cc1cc(OCCCN(C)C)c(C(=N)N)c(C)n1.